The molecule has 1 amide bonds. The van der Waals surface area contributed by atoms with Crippen LogP contribution in [-0.4, -0.2) is 46.5 Å². The first-order valence-electron chi connectivity index (χ1n) is 9.93. The Bertz CT molecular complexity index is 531. The maximum absolute atomic E-state index is 11.1. The molecule has 1 aliphatic rings. The topological polar surface area (TPSA) is 70.0 Å². The second-order valence-corrected chi connectivity index (χ2v) is 7.27. The van der Waals surface area contributed by atoms with Gasteiger partial charge in [0.15, 0.2) is 0 Å². The Morgan fingerprint density at radius 1 is 1.12 bits per heavy atom. The third kappa shape index (κ3) is 6.61. The summed E-state index contributed by atoms with van der Waals surface area (Å²) < 4.78 is 5.86. The summed E-state index contributed by atoms with van der Waals surface area (Å²) in [5.74, 6) is 0. The average Bonchev–Trinajstić information content (AvgIpc) is 3.07. The van der Waals surface area contributed by atoms with E-state index in [4.69, 9.17) is 9.84 Å². The number of benzene rings is 1. The molecule has 1 aromatic carbocycles. The van der Waals surface area contributed by atoms with Crippen molar-refractivity contribution in [3.05, 3.63) is 35.4 Å². The van der Waals surface area contributed by atoms with Gasteiger partial charge in [-0.2, -0.15) is 0 Å². The molecule has 0 unspecified atom stereocenters. The third-order valence-corrected chi connectivity index (χ3v) is 5.16. The van der Waals surface area contributed by atoms with E-state index < -0.39 is 6.09 Å². The molecule has 0 aromatic heterocycles. The number of amides is 1. The van der Waals surface area contributed by atoms with Gasteiger partial charge in [-0.1, -0.05) is 63.3 Å². The fourth-order valence-electron chi connectivity index (χ4n) is 3.53. The number of rotatable bonds is 11. The van der Waals surface area contributed by atoms with Crippen LogP contribution in [0.1, 0.15) is 63.0 Å². The lowest BCUT2D eigenvalue weighted by atomic mass is 10.0. The molecule has 0 spiro atoms. The highest BCUT2D eigenvalue weighted by Gasteiger charge is 2.35. The summed E-state index contributed by atoms with van der Waals surface area (Å²) in [6, 6.07) is 8.18. The smallest absolute Gasteiger partial charge is 0.407 e. The van der Waals surface area contributed by atoms with E-state index >= 15 is 0 Å². The van der Waals surface area contributed by atoms with Gasteiger partial charge >= 0.3 is 6.09 Å². The third-order valence-electron chi connectivity index (χ3n) is 5.16. The van der Waals surface area contributed by atoms with E-state index in [2.05, 4.69) is 31.2 Å². The molecular weight excluding hydrogens is 330 g/mol. The van der Waals surface area contributed by atoms with Crippen LogP contribution >= 0.6 is 0 Å². The van der Waals surface area contributed by atoms with Crippen LogP contribution in [-0.2, 0) is 17.8 Å². The van der Waals surface area contributed by atoms with Crippen LogP contribution in [0.15, 0.2) is 24.3 Å². The predicted octanol–water partition coefficient (Wildman–Crippen LogP) is 4.22. The van der Waals surface area contributed by atoms with Crippen LogP contribution in [0.4, 0.5) is 4.79 Å². The molecule has 2 rings (SSSR count). The number of aryl methyl sites for hydroxylation is 1. The Balaban J connectivity index is 1.68. The van der Waals surface area contributed by atoms with Crippen molar-refractivity contribution in [2.45, 2.75) is 77.0 Å². The van der Waals surface area contributed by atoms with Crippen molar-refractivity contribution in [3.8, 4) is 0 Å². The van der Waals surface area contributed by atoms with Crippen LogP contribution in [0.5, 0.6) is 0 Å². The number of carboxylic acid groups (broad SMARTS) is 1. The quantitative estimate of drug-likeness (QED) is 0.578. The summed E-state index contributed by atoms with van der Waals surface area (Å²) in [6.07, 6.45) is 8.42. The van der Waals surface area contributed by atoms with E-state index in [9.17, 15) is 9.90 Å². The van der Waals surface area contributed by atoms with Crippen LogP contribution in [0.3, 0.4) is 0 Å². The predicted molar refractivity (Wildman–Crippen MR) is 102 cm³/mol. The van der Waals surface area contributed by atoms with Crippen molar-refractivity contribution >= 4 is 6.09 Å². The van der Waals surface area contributed by atoms with Gasteiger partial charge in [0, 0.05) is 0 Å². The summed E-state index contributed by atoms with van der Waals surface area (Å²) in [6.45, 7) is 2.90. The molecule has 0 aliphatic carbocycles. The zero-order valence-corrected chi connectivity index (χ0v) is 15.9. The second-order valence-electron chi connectivity index (χ2n) is 7.27. The van der Waals surface area contributed by atoms with E-state index in [1.807, 2.05) is 0 Å². The molecule has 2 N–H and O–H groups in total. The van der Waals surface area contributed by atoms with Gasteiger partial charge in [0.2, 0.25) is 0 Å². The number of carbonyl (C=O) groups is 1. The number of hydrogen-bond donors (Lipinski definition) is 2. The van der Waals surface area contributed by atoms with Crippen LogP contribution < -0.4 is 0 Å². The molecule has 1 heterocycles. The summed E-state index contributed by atoms with van der Waals surface area (Å²) in [5, 5.41) is 18.4. The van der Waals surface area contributed by atoms with Crippen molar-refractivity contribution < 1.29 is 19.7 Å². The Morgan fingerprint density at radius 3 is 2.38 bits per heavy atom. The lowest BCUT2D eigenvalue weighted by molar-refractivity contribution is 0.0464. The first-order chi connectivity index (χ1) is 12.6. The van der Waals surface area contributed by atoms with Crippen LogP contribution in [0, 0.1) is 0 Å². The highest BCUT2D eigenvalue weighted by molar-refractivity contribution is 5.66. The zero-order chi connectivity index (χ0) is 18.8. The van der Waals surface area contributed by atoms with Crippen molar-refractivity contribution in [2.75, 3.05) is 13.2 Å². The number of aliphatic hydroxyl groups is 1. The highest BCUT2D eigenvalue weighted by Crippen LogP contribution is 2.21. The number of hydrogen-bond acceptors (Lipinski definition) is 3. The molecule has 146 valence electrons. The minimum absolute atomic E-state index is 0.147. The average molecular weight is 363 g/mol. The molecule has 5 nitrogen and oxygen atoms in total. The Hall–Kier alpha value is -1.59. The fourth-order valence-corrected chi connectivity index (χ4v) is 3.53. The maximum Gasteiger partial charge on any atom is 0.407 e. The largest absolute Gasteiger partial charge is 0.465 e. The molecule has 0 saturated carbocycles. The SMILES string of the molecule is CCCCCCCCc1ccc(CO[C@@H]2C[C@@H](CO)N(C(=O)O)C2)cc1. The van der Waals surface area contributed by atoms with Gasteiger partial charge in [-0.25, -0.2) is 4.79 Å². The first kappa shape index (κ1) is 20.7. The number of aliphatic hydroxyl groups excluding tert-OH is 1. The molecule has 1 fully saturated rings. The lowest BCUT2D eigenvalue weighted by Crippen LogP contribution is -2.36. The van der Waals surface area contributed by atoms with Crippen molar-refractivity contribution in [2.24, 2.45) is 0 Å². The Morgan fingerprint density at radius 2 is 1.77 bits per heavy atom. The van der Waals surface area contributed by atoms with E-state index in [1.54, 1.807) is 0 Å². The van der Waals surface area contributed by atoms with Crippen molar-refractivity contribution in [1.29, 1.82) is 0 Å². The molecule has 1 saturated heterocycles. The van der Waals surface area contributed by atoms with Crippen LogP contribution in [0.25, 0.3) is 0 Å². The van der Waals surface area contributed by atoms with Gasteiger partial charge in [0.25, 0.3) is 0 Å². The zero-order valence-electron chi connectivity index (χ0n) is 15.9. The van der Waals surface area contributed by atoms with Gasteiger partial charge in [0.1, 0.15) is 0 Å². The van der Waals surface area contributed by atoms with Gasteiger partial charge in [-0.05, 0) is 30.4 Å². The number of likely N-dealkylation sites (tertiary alicyclic amines) is 1. The van der Waals surface area contributed by atoms with Gasteiger partial charge in [-0.15, -0.1) is 0 Å². The molecule has 0 radical (unpaired) electrons. The van der Waals surface area contributed by atoms with E-state index in [-0.39, 0.29) is 18.8 Å². The number of ether oxygens (including phenoxy) is 1. The fraction of sp³-hybridized carbons (Fsp3) is 0.667. The van der Waals surface area contributed by atoms with E-state index in [1.165, 1.54) is 49.0 Å². The normalized spacial score (nSPS) is 19.8. The van der Waals surface area contributed by atoms with Crippen molar-refractivity contribution in [1.82, 2.24) is 4.90 Å². The van der Waals surface area contributed by atoms with Crippen molar-refractivity contribution in [3.63, 3.8) is 0 Å². The molecule has 0 bridgehead atoms. The van der Waals surface area contributed by atoms with Gasteiger partial charge in [0.05, 0.1) is 31.9 Å². The molecule has 2 atom stereocenters. The second kappa shape index (κ2) is 11.2. The minimum atomic E-state index is -0.991. The summed E-state index contributed by atoms with van der Waals surface area (Å²) in [4.78, 5) is 12.4. The molecule has 5 heteroatoms. The number of nitrogens with zero attached hydrogens (tertiary/aromatic N) is 1. The standard InChI is InChI=1S/C21H33NO4/c1-2-3-4-5-6-7-8-17-9-11-18(12-10-17)16-26-20-13-19(15-23)22(14-20)21(24)25/h9-12,19-20,23H,2-8,13-16H2,1H3,(H,24,25)/t19-,20+/m0/s1. The number of unbranched alkanes of at least 4 members (excludes halogenated alkanes) is 5. The lowest BCUT2D eigenvalue weighted by Gasteiger charge is -2.18. The van der Waals surface area contributed by atoms with Gasteiger partial charge < -0.3 is 19.8 Å². The summed E-state index contributed by atoms with van der Waals surface area (Å²) in [5.41, 5.74) is 2.47. The Kier molecular flexibility index (Phi) is 8.92. The molecule has 26 heavy (non-hydrogen) atoms. The molecular formula is C21H33NO4. The summed E-state index contributed by atoms with van der Waals surface area (Å²) >= 11 is 0. The highest BCUT2D eigenvalue weighted by atomic mass is 16.5. The Labute approximate surface area is 157 Å². The van der Waals surface area contributed by atoms with Gasteiger partial charge in [-0.3, -0.25) is 0 Å². The van der Waals surface area contributed by atoms with Crippen LogP contribution in [0.2, 0.25) is 0 Å². The monoisotopic (exact) mass is 363 g/mol. The molecule has 1 aromatic rings. The van der Waals surface area contributed by atoms with E-state index in [0.29, 0.717) is 19.6 Å². The summed E-state index contributed by atoms with van der Waals surface area (Å²) in [7, 11) is 0. The molecule has 1 aliphatic heterocycles. The van der Waals surface area contributed by atoms with E-state index in [0.717, 1.165) is 12.0 Å². The first-order valence-corrected chi connectivity index (χ1v) is 9.93. The maximum atomic E-state index is 11.1. The minimum Gasteiger partial charge on any atom is -0.465 e.